The summed E-state index contributed by atoms with van der Waals surface area (Å²) in [7, 11) is 0. The van der Waals surface area contributed by atoms with Gasteiger partial charge in [0.25, 0.3) is 0 Å². The van der Waals surface area contributed by atoms with Crippen molar-refractivity contribution in [1.82, 2.24) is 20.1 Å². The molecule has 0 radical (unpaired) electrons. The molecule has 2 aromatic rings. The largest absolute Gasteiger partial charge is 0.379 e. The third-order valence-electron chi connectivity index (χ3n) is 3.36. The summed E-state index contributed by atoms with van der Waals surface area (Å²) < 4.78 is 6.91. The summed E-state index contributed by atoms with van der Waals surface area (Å²) in [5.41, 5.74) is 0.307. The normalized spacial score (nSPS) is 21.2. The summed E-state index contributed by atoms with van der Waals surface area (Å²) in [4.78, 5) is 16.2. The van der Waals surface area contributed by atoms with E-state index in [0.29, 0.717) is 24.7 Å². The van der Waals surface area contributed by atoms with Crippen molar-refractivity contribution in [3.8, 4) is 5.82 Å². The van der Waals surface area contributed by atoms with Crippen LogP contribution in [0.3, 0.4) is 0 Å². The van der Waals surface area contributed by atoms with Crippen molar-refractivity contribution in [2.75, 3.05) is 18.5 Å². The van der Waals surface area contributed by atoms with E-state index in [1.165, 1.54) is 0 Å². The highest BCUT2D eigenvalue weighted by Gasteiger charge is 2.31. The van der Waals surface area contributed by atoms with Crippen molar-refractivity contribution in [1.29, 1.82) is 0 Å². The predicted molar refractivity (Wildman–Crippen MR) is 77.4 cm³/mol. The Labute approximate surface area is 122 Å². The molecular weight excluding hydrogens is 270 g/mol. The van der Waals surface area contributed by atoms with Crippen LogP contribution in [0.15, 0.2) is 36.8 Å². The summed E-state index contributed by atoms with van der Waals surface area (Å²) in [6, 6.07) is 5.30. The van der Waals surface area contributed by atoms with Gasteiger partial charge in [0.15, 0.2) is 5.82 Å². The Morgan fingerprint density at radius 1 is 1.48 bits per heavy atom. The van der Waals surface area contributed by atoms with Crippen LogP contribution in [0.25, 0.3) is 5.82 Å². The molecule has 21 heavy (non-hydrogen) atoms. The van der Waals surface area contributed by atoms with Gasteiger partial charge >= 0.3 is 6.03 Å². The van der Waals surface area contributed by atoms with Crippen LogP contribution in [0.4, 0.5) is 10.5 Å². The highest BCUT2D eigenvalue weighted by Crippen LogP contribution is 2.17. The lowest BCUT2D eigenvalue weighted by atomic mass is 10.0. The minimum absolute atomic E-state index is 0.261. The molecule has 0 aliphatic carbocycles. The molecule has 0 saturated carbocycles. The first-order chi connectivity index (χ1) is 10.1. The molecule has 1 saturated heterocycles. The van der Waals surface area contributed by atoms with Crippen molar-refractivity contribution < 1.29 is 9.53 Å². The van der Waals surface area contributed by atoms with E-state index in [1.807, 2.05) is 25.1 Å². The minimum Gasteiger partial charge on any atom is -0.379 e. The van der Waals surface area contributed by atoms with Crippen molar-refractivity contribution >= 4 is 11.7 Å². The van der Waals surface area contributed by atoms with E-state index in [-0.39, 0.29) is 11.6 Å². The van der Waals surface area contributed by atoms with Gasteiger partial charge in [0.2, 0.25) is 0 Å². The van der Waals surface area contributed by atoms with Crippen LogP contribution in [0.1, 0.15) is 13.3 Å². The van der Waals surface area contributed by atoms with Gasteiger partial charge in [-0.3, -0.25) is 0 Å². The lowest BCUT2D eigenvalue weighted by molar-refractivity contribution is 0.172. The van der Waals surface area contributed by atoms with Gasteiger partial charge in [-0.2, -0.15) is 5.10 Å². The van der Waals surface area contributed by atoms with Crippen LogP contribution in [-0.2, 0) is 4.74 Å². The summed E-state index contributed by atoms with van der Waals surface area (Å²) in [5, 5.41) is 9.87. The fourth-order valence-corrected chi connectivity index (χ4v) is 2.20. The van der Waals surface area contributed by atoms with E-state index in [4.69, 9.17) is 4.74 Å². The zero-order valence-electron chi connectivity index (χ0n) is 11.7. The number of nitrogens with one attached hydrogen (secondary N) is 2. The molecule has 0 spiro atoms. The number of carbonyl (C=O) groups excluding carboxylic acids is 1. The summed E-state index contributed by atoms with van der Waals surface area (Å²) in [6.45, 7) is 3.18. The topological polar surface area (TPSA) is 81.1 Å². The molecule has 2 N–H and O–H groups in total. The van der Waals surface area contributed by atoms with E-state index < -0.39 is 0 Å². The average Bonchev–Trinajstić information content (AvgIpc) is 3.09. The third kappa shape index (κ3) is 3.19. The monoisotopic (exact) mass is 287 g/mol. The Bertz CT molecular complexity index is 619. The molecule has 3 rings (SSSR count). The van der Waals surface area contributed by atoms with Crippen molar-refractivity contribution in [2.24, 2.45) is 0 Å². The molecule has 1 aliphatic rings. The van der Waals surface area contributed by atoms with Gasteiger partial charge in [-0.15, -0.1) is 0 Å². The quantitative estimate of drug-likeness (QED) is 0.898. The molecule has 2 aromatic heterocycles. The number of hydrogen-bond donors (Lipinski definition) is 2. The van der Waals surface area contributed by atoms with Crippen molar-refractivity contribution in [3.63, 3.8) is 0 Å². The first kappa shape index (κ1) is 13.6. The molecule has 0 unspecified atom stereocenters. The predicted octanol–water partition coefficient (Wildman–Crippen LogP) is 1.57. The lowest BCUT2D eigenvalue weighted by Crippen LogP contribution is -2.48. The zero-order valence-corrected chi connectivity index (χ0v) is 11.7. The molecule has 3 heterocycles. The summed E-state index contributed by atoms with van der Waals surface area (Å²) in [6.07, 6.45) is 5.81. The van der Waals surface area contributed by atoms with E-state index in [2.05, 4.69) is 20.7 Å². The number of ether oxygens (including phenoxy) is 1. The Morgan fingerprint density at radius 2 is 2.38 bits per heavy atom. The molecule has 2 amide bonds. The van der Waals surface area contributed by atoms with Gasteiger partial charge in [-0.1, -0.05) is 6.07 Å². The molecule has 7 heteroatoms. The fraction of sp³-hybridized carbons (Fsp3) is 0.357. The number of hydrogen-bond acceptors (Lipinski definition) is 4. The van der Waals surface area contributed by atoms with Crippen LogP contribution >= 0.6 is 0 Å². The smallest absolute Gasteiger partial charge is 0.319 e. The van der Waals surface area contributed by atoms with Gasteiger partial charge in [-0.05, 0) is 25.5 Å². The Morgan fingerprint density at radius 3 is 3.10 bits per heavy atom. The minimum atomic E-state index is -0.305. The number of carbonyl (C=O) groups is 1. The van der Waals surface area contributed by atoms with Crippen LogP contribution in [0.5, 0.6) is 0 Å². The van der Waals surface area contributed by atoms with Crippen LogP contribution in [0, 0.1) is 0 Å². The maximum Gasteiger partial charge on any atom is 0.319 e. The first-order valence-corrected chi connectivity index (χ1v) is 6.78. The first-order valence-electron chi connectivity index (χ1n) is 6.78. The fourth-order valence-electron chi connectivity index (χ4n) is 2.20. The SMILES string of the molecule is C[C@]1(NC(=O)Nc2cnn(-c3ccccn3)c2)CCOC1. The highest BCUT2D eigenvalue weighted by molar-refractivity contribution is 5.89. The number of urea groups is 1. The maximum atomic E-state index is 12.0. The average molecular weight is 287 g/mol. The molecule has 1 atom stereocenters. The number of pyridine rings is 1. The summed E-state index contributed by atoms with van der Waals surface area (Å²) in [5.74, 6) is 0.696. The van der Waals surface area contributed by atoms with E-state index in [1.54, 1.807) is 23.3 Å². The van der Waals surface area contributed by atoms with Crippen molar-refractivity contribution in [2.45, 2.75) is 18.9 Å². The van der Waals surface area contributed by atoms with Crippen LogP contribution in [0.2, 0.25) is 0 Å². The number of nitrogens with zero attached hydrogens (tertiary/aromatic N) is 3. The van der Waals surface area contributed by atoms with Crippen LogP contribution in [-0.4, -0.2) is 39.5 Å². The van der Waals surface area contributed by atoms with Gasteiger partial charge in [-0.25, -0.2) is 14.5 Å². The number of anilines is 1. The molecule has 0 bridgehead atoms. The Kier molecular flexibility index (Phi) is 3.57. The lowest BCUT2D eigenvalue weighted by Gasteiger charge is -2.23. The molecule has 7 nitrogen and oxygen atoms in total. The van der Waals surface area contributed by atoms with Crippen LogP contribution < -0.4 is 10.6 Å². The summed E-state index contributed by atoms with van der Waals surface area (Å²) >= 11 is 0. The van der Waals surface area contributed by atoms with Gasteiger partial charge < -0.3 is 15.4 Å². The standard InChI is InChI=1S/C14H17N5O2/c1-14(5-7-21-10-14)18-13(20)17-11-8-16-19(9-11)12-4-2-3-6-15-12/h2-4,6,8-9H,5,7,10H2,1H3,(H2,17,18,20)/t14-/m0/s1. The molecule has 110 valence electrons. The Balaban J connectivity index is 1.63. The second-order valence-electron chi connectivity index (χ2n) is 5.30. The molecule has 0 aromatic carbocycles. The number of aromatic nitrogens is 3. The van der Waals surface area contributed by atoms with E-state index >= 15 is 0 Å². The zero-order chi connectivity index (χ0) is 14.7. The second kappa shape index (κ2) is 5.53. The highest BCUT2D eigenvalue weighted by atomic mass is 16.5. The van der Waals surface area contributed by atoms with Crippen molar-refractivity contribution in [3.05, 3.63) is 36.8 Å². The molecule has 1 fully saturated rings. The van der Waals surface area contributed by atoms with Gasteiger partial charge in [0, 0.05) is 12.8 Å². The molecular formula is C14H17N5O2. The van der Waals surface area contributed by atoms with Gasteiger partial charge in [0.1, 0.15) is 0 Å². The number of rotatable bonds is 3. The number of amides is 2. The van der Waals surface area contributed by atoms with E-state index in [9.17, 15) is 4.79 Å². The molecule has 1 aliphatic heterocycles. The third-order valence-corrected chi connectivity index (χ3v) is 3.36. The van der Waals surface area contributed by atoms with E-state index in [0.717, 1.165) is 6.42 Å². The maximum absolute atomic E-state index is 12.0. The Hall–Kier alpha value is -2.41. The van der Waals surface area contributed by atoms with Gasteiger partial charge in [0.05, 0.1) is 30.2 Å². The second-order valence-corrected chi connectivity index (χ2v) is 5.30.